The SMILES string of the molecule is CCCCC(CC)C(=O)NC(C)(CC(=O)O)c1cccc(OC)c1. The lowest BCUT2D eigenvalue weighted by atomic mass is 9.87. The molecular formula is C19H29NO4. The van der Waals surface area contributed by atoms with Crippen LogP contribution in [0.4, 0.5) is 0 Å². The lowest BCUT2D eigenvalue weighted by molar-refractivity contribution is -0.139. The molecule has 1 rings (SSSR count). The third kappa shape index (κ3) is 5.55. The number of benzene rings is 1. The fourth-order valence-corrected chi connectivity index (χ4v) is 2.83. The molecule has 0 saturated heterocycles. The van der Waals surface area contributed by atoms with Crippen molar-refractivity contribution in [1.82, 2.24) is 5.32 Å². The molecule has 1 aromatic rings. The Kier molecular flexibility index (Phi) is 7.75. The summed E-state index contributed by atoms with van der Waals surface area (Å²) in [6, 6.07) is 7.19. The van der Waals surface area contributed by atoms with Gasteiger partial charge in [0, 0.05) is 5.92 Å². The highest BCUT2D eigenvalue weighted by molar-refractivity contribution is 5.81. The standard InChI is InChI=1S/C19H29NO4/c1-5-7-9-14(6-2)18(23)20-19(3,13-17(21)22)15-10-8-11-16(12-15)24-4/h8,10-12,14H,5-7,9,13H2,1-4H3,(H,20,23)(H,21,22). The third-order valence-corrected chi connectivity index (χ3v) is 4.38. The first-order valence-corrected chi connectivity index (χ1v) is 8.54. The number of carbonyl (C=O) groups excluding carboxylic acids is 1. The molecule has 2 unspecified atom stereocenters. The molecule has 0 aliphatic carbocycles. The maximum Gasteiger partial charge on any atom is 0.306 e. The third-order valence-electron chi connectivity index (χ3n) is 4.38. The van der Waals surface area contributed by atoms with E-state index in [2.05, 4.69) is 12.2 Å². The number of unbranched alkanes of at least 4 members (excludes halogenated alkanes) is 1. The van der Waals surface area contributed by atoms with E-state index < -0.39 is 11.5 Å². The molecule has 0 aliphatic rings. The van der Waals surface area contributed by atoms with Crippen molar-refractivity contribution in [2.24, 2.45) is 5.92 Å². The van der Waals surface area contributed by atoms with Crippen molar-refractivity contribution in [3.05, 3.63) is 29.8 Å². The van der Waals surface area contributed by atoms with Gasteiger partial charge in [0.05, 0.1) is 19.1 Å². The Morgan fingerprint density at radius 1 is 1.33 bits per heavy atom. The fourth-order valence-electron chi connectivity index (χ4n) is 2.83. The van der Waals surface area contributed by atoms with Crippen molar-refractivity contribution in [3.8, 4) is 5.75 Å². The predicted molar refractivity (Wildman–Crippen MR) is 94.0 cm³/mol. The maximum atomic E-state index is 12.7. The van der Waals surface area contributed by atoms with Gasteiger partial charge in [0.2, 0.25) is 5.91 Å². The molecule has 134 valence electrons. The second-order valence-corrected chi connectivity index (χ2v) is 6.37. The molecule has 5 nitrogen and oxygen atoms in total. The summed E-state index contributed by atoms with van der Waals surface area (Å²) in [7, 11) is 1.56. The second-order valence-electron chi connectivity index (χ2n) is 6.37. The van der Waals surface area contributed by atoms with Gasteiger partial charge in [-0.05, 0) is 37.5 Å². The Labute approximate surface area is 144 Å². The molecule has 2 N–H and O–H groups in total. The number of hydrogen-bond donors (Lipinski definition) is 2. The monoisotopic (exact) mass is 335 g/mol. The number of nitrogens with one attached hydrogen (secondary N) is 1. The van der Waals surface area contributed by atoms with Crippen LogP contribution in [-0.2, 0) is 15.1 Å². The van der Waals surface area contributed by atoms with Crippen molar-refractivity contribution in [1.29, 1.82) is 0 Å². The van der Waals surface area contributed by atoms with Gasteiger partial charge in [0.15, 0.2) is 0 Å². The highest BCUT2D eigenvalue weighted by atomic mass is 16.5. The van der Waals surface area contributed by atoms with Crippen LogP contribution in [0.25, 0.3) is 0 Å². The molecule has 5 heteroatoms. The summed E-state index contributed by atoms with van der Waals surface area (Å²) < 4.78 is 5.22. The molecule has 0 radical (unpaired) electrons. The molecule has 2 atom stereocenters. The molecule has 0 bridgehead atoms. The Morgan fingerprint density at radius 3 is 2.58 bits per heavy atom. The molecule has 1 aromatic carbocycles. The quantitative estimate of drug-likeness (QED) is 0.683. The average molecular weight is 335 g/mol. The van der Waals surface area contributed by atoms with Crippen molar-refractivity contribution in [2.75, 3.05) is 7.11 Å². The van der Waals surface area contributed by atoms with Gasteiger partial charge in [-0.25, -0.2) is 0 Å². The zero-order valence-electron chi connectivity index (χ0n) is 15.1. The first kappa shape index (κ1) is 20.0. The van der Waals surface area contributed by atoms with Crippen molar-refractivity contribution >= 4 is 11.9 Å². The smallest absolute Gasteiger partial charge is 0.306 e. The number of rotatable bonds is 10. The highest BCUT2D eigenvalue weighted by Crippen LogP contribution is 2.29. The van der Waals surface area contributed by atoms with E-state index in [0.717, 1.165) is 31.2 Å². The molecular weight excluding hydrogens is 306 g/mol. The summed E-state index contributed by atoms with van der Waals surface area (Å²) in [6.45, 7) is 5.83. The Hall–Kier alpha value is -2.04. The van der Waals surface area contributed by atoms with Crippen LogP contribution in [0.5, 0.6) is 5.75 Å². The van der Waals surface area contributed by atoms with Crippen LogP contribution in [0, 0.1) is 5.92 Å². The number of carboxylic acids is 1. The number of carboxylic acid groups (broad SMARTS) is 1. The van der Waals surface area contributed by atoms with Gasteiger partial charge in [0.25, 0.3) is 0 Å². The summed E-state index contributed by atoms with van der Waals surface area (Å²) in [5, 5.41) is 12.3. The Morgan fingerprint density at radius 2 is 2.04 bits per heavy atom. The summed E-state index contributed by atoms with van der Waals surface area (Å²) >= 11 is 0. The molecule has 0 spiro atoms. The molecule has 0 saturated carbocycles. The van der Waals surface area contributed by atoms with Crippen LogP contribution in [0.3, 0.4) is 0 Å². The van der Waals surface area contributed by atoms with E-state index in [1.54, 1.807) is 32.2 Å². The summed E-state index contributed by atoms with van der Waals surface area (Å²) in [5.74, 6) is -0.500. The summed E-state index contributed by atoms with van der Waals surface area (Å²) in [4.78, 5) is 24.0. The van der Waals surface area contributed by atoms with Crippen LogP contribution >= 0.6 is 0 Å². The van der Waals surface area contributed by atoms with E-state index >= 15 is 0 Å². The van der Waals surface area contributed by atoms with Gasteiger partial charge < -0.3 is 15.2 Å². The number of carbonyl (C=O) groups is 2. The van der Waals surface area contributed by atoms with E-state index in [1.807, 2.05) is 13.0 Å². The topological polar surface area (TPSA) is 75.6 Å². The first-order valence-electron chi connectivity index (χ1n) is 8.54. The minimum absolute atomic E-state index is 0.0856. The van der Waals surface area contributed by atoms with Gasteiger partial charge in [-0.3, -0.25) is 9.59 Å². The molecule has 0 heterocycles. The number of methoxy groups -OCH3 is 1. The fraction of sp³-hybridized carbons (Fsp3) is 0.579. The van der Waals surface area contributed by atoms with Gasteiger partial charge >= 0.3 is 5.97 Å². The lowest BCUT2D eigenvalue weighted by Crippen LogP contribution is -2.47. The summed E-state index contributed by atoms with van der Waals surface area (Å²) in [5.41, 5.74) is -0.250. The molecule has 0 aromatic heterocycles. The zero-order chi connectivity index (χ0) is 18.2. The van der Waals surface area contributed by atoms with E-state index in [1.165, 1.54) is 0 Å². The number of ether oxygens (including phenoxy) is 1. The van der Waals surface area contributed by atoms with Gasteiger partial charge in [-0.15, -0.1) is 0 Å². The van der Waals surface area contributed by atoms with Crippen LogP contribution < -0.4 is 10.1 Å². The minimum atomic E-state index is -0.975. The van der Waals surface area contributed by atoms with Gasteiger partial charge in [-0.2, -0.15) is 0 Å². The highest BCUT2D eigenvalue weighted by Gasteiger charge is 2.33. The summed E-state index contributed by atoms with van der Waals surface area (Å²) in [6.07, 6.45) is 3.40. The normalized spacial score (nSPS) is 14.5. The van der Waals surface area contributed by atoms with Crippen LogP contribution in [0.15, 0.2) is 24.3 Å². The van der Waals surface area contributed by atoms with E-state index in [9.17, 15) is 14.7 Å². The number of amides is 1. The second kappa shape index (κ2) is 9.30. The molecule has 24 heavy (non-hydrogen) atoms. The van der Waals surface area contributed by atoms with E-state index in [-0.39, 0.29) is 18.2 Å². The maximum absolute atomic E-state index is 12.7. The van der Waals surface area contributed by atoms with Crippen LogP contribution in [0.2, 0.25) is 0 Å². The van der Waals surface area contributed by atoms with Crippen molar-refractivity contribution in [2.45, 2.75) is 58.4 Å². The van der Waals surface area contributed by atoms with E-state index in [4.69, 9.17) is 4.74 Å². The zero-order valence-corrected chi connectivity index (χ0v) is 15.1. The lowest BCUT2D eigenvalue weighted by Gasteiger charge is -2.32. The van der Waals surface area contributed by atoms with Crippen LogP contribution in [0.1, 0.15) is 58.4 Å². The average Bonchev–Trinajstić information content (AvgIpc) is 2.54. The van der Waals surface area contributed by atoms with Crippen LogP contribution in [-0.4, -0.2) is 24.1 Å². The van der Waals surface area contributed by atoms with Gasteiger partial charge in [-0.1, -0.05) is 38.8 Å². The minimum Gasteiger partial charge on any atom is -0.497 e. The number of hydrogen-bond acceptors (Lipinski definition) is 3. The molecule has 0 aliphatic heterocycles. The van der Waals surface area contributed by atoms with E-state index in [0.29, 0.717) is 5.75 Å². The van der Waals surface area contributed by atoms with Crippen molar-refractivity contribution in [3.63, 3.8) is 0 Å². The predicted octanol–water partition coefficient (Wildman–Crippen LogP) is 3.72. The van der Waals surface area contributed by atoms with Crippen molar-refractivity contribution < 1.29 is 19.4 Å². The number of aliphatic carboxylic acids is 1. The van der Waals surface area contributed by atoms with Gasteiger partial charge in [0.1, 0.15) is 5.75 Å². The molecule has 1 amide bonds. The molecule has 0 fully saturated rings. The first-order chi connectivity index (χ1) is 11.4. The Bertz CT molecular complexity index is 558. The Balaban J connectivity index is 3.06. The largest absolute Gasteiger partial charge is 0.497 e.